The van der Waals surface area contributed by atoms with Gasteiger partial charge in [0.05, 0.1) is 5.70 Å². The summed E-state index contributed by atoms with van der Waals surface area (Å²) in [6.45, 7) is 0. The van der Waals surface area contributed by atoms with Gasteiger partial charge in [0.15, 0.2) is 12.1 Å². The predicted molar refractivity (Wildman–Crippen MR) is 62.5 cm³/mol. The standard InChI is InChI=1S/C8H9N5O4S/c1-16-11-6(7(14)15)4-3-18-8(9)13(4)5-2-17-12-10-5/h2-3,8H,9H2,1H3,(H,14,15). The number of hydrogen-bond donors (Lipinski definition) is 2. The third-order valence-electron chi connectivity index (χ3n) is 2.06. The second-order valence-corrected chi connectivity index (χ2v) is 4.08. The molecule has 0 radical (unpaired) electrons. The van der Waals surface area contributed by atoms with Crippen LogP contribution >= 0.6 is 11.8 Å². The molecule has 0 aromatic carbocycles. The minimum absolute atomic E-state index is 0.262. The lowest BCUT2D eigenvalue weighted by molar-refractivity contribution is -0.129. The quantitative estimate of drug-likeness (QED) is 0.564. The molecule has 0 fully saturated rings. The molecule has 1 aromatic rings. The molecule has 1 aliphatic rings. The van der Waals surface area contributed by atoms with Crippen LogP contribution in [-0.2, 0) is 9.63 Å². The topological polar surface area (TPSA) is 127 Å². The molecule has 9 nitrogen and oxygen atoms in total. The molecule has 0 spiro atoms. The summed E-state index contributed by atoms with van der Waals surface area (Å²) in [5.74, 6) is -0.942. The van der Waals surface area contributed by atoms with Crippen LogP contribution in [0.3, 0.4) is 0 Å². The van der Waals surface area contributed by atoms with Crippen molar-refractivity contribution in [1.29, 1.82) is 0 Å². The first kappa shape index (κ1) is 12.4. The zero-order chi connectivity index (χ0) is 13.1. The maximum absolute atomic E-state index is 11.1. The molecule has 96 valence electrons. The number of carboxylic acids is 1. The predicted octanol–water partition coefficient (Wildman–Crippen LogP) is -0.206. The molecule has 1 atom stereocenters. The third-order valence-corrected chi connectivity index (χ3v) is 2.91. The van der Waals surface area contributed by atoms with Crippen molar-refractivity contribution in [1.82, 2.24) is 10.4 Å². The van der Waals surface area contributed by atoms with E-state index >= 15 is 0 Å². The van der Waals surface area contributed by atoms with Crippen LogP contribution in [0, 0.1) is 0 Å². The highest BCUT2D eigenvalue weighted by Crippen LogP contribution is 2.32. The van der Waals surface area contributed by atoms with Crippen molar-refractivity contribution >= 4 is 29.3 Å². The Morgan fingerprint density at radius 1 is 1.78 bits per heavy atom. The normalized spacial score (nSPS) is 19.9. The molecule has 3 N–H and O–H groups in total. The molecular formula is C8H9N5O4S. The molecule has 1 unspecified atom stereocenters. The van der Waals surface area contributed by atoms with Crippen LogP contribution in [0.4, 0.5) is 5.82 Å². The van der Waals surface area contributed by atoms with Gasteiger partial charge in [-0.2, -0.15) is 0 Å². The van der Waals surface area contributed by atoms with Crippen molar-refractivity contribution in [3.63, 3.8) is 0 Å². The second-order valence-electron chi connectivity index (χ2n) is 3.09. The highest BCUT2D eigenvalue weighted by atomic mass is 32.2. The Hall–Kier alpha value is -2.07. The van der Waals surface area contributed by atoms with Gasteiger partial charge >= 0.3 is 5.97 Å². The van der Waals surface area contributed by atoms with E-state index in [1.54, 1.807) is 5.41 Å². The van der Waals surface area contributed by atoms with E-state index in [1.165, 1.54) is 30.0 Å². The zero-order valence-electron chi connectivity index (χ0n) is 9.18. The molecule has 2 rings (SSSR count). The number of thioether (sulfide) groups is 1. The van der Waals surface area contributed by atoms with Crippen LogP contribution in [0.1, 0.15) is 0 Å². The minimum Gasteiger partial charge on any atom is -0.476 e. The van der Waals surface area contributed by atoms with Crippen molar-refractivity contribution in [2.75, 3.05) is 12.0 Å². The van der Waals surface area contributed by atoms with E-state index in [1.807, 2.05) is 0 Å². The number of aromatic nitrogens is 2. The number of nitrogens with two attached hydrogens (primary N) is 1. The van der Waals surface area contributed by atoms with Gasteiger partial charge in [-0.1, -0.05) is 22.0 Å². The number of hydrogen-bond acceptors (Lipinski definition) is 9. The van der Waals surface area contributed by atoms with Crippen molar-refractivity contribution < 1.29 is 19.3 Å². The van der Waals surface area contributed by atoms with Crippen molar-refractivity contribution in [3.05, 3.63) is 17.4 Å². The fourth-order valence-corrected chi connectivity index (χ4v) is 2.20. The molecule has 0 aliphatic carbocycles. The van der Waals surface area contributed by atoms with Crippen LogP contribution in [0.25, 0.3) is 0 Å². The molecule has 0 amide bonds. The fourth-order valence-electron chi connectivity index (χ4n) is 1.36. The van der Waals surface area contributed by atoms with E-state index in [0.29, 0.717) is 5.82 Å². The first-order valence-electron chi connectivity index (χ1n) is 4.67. The van der Waals surface area contributed by atoms with Gasteiger partial charge in [0.2, 0.25) is 5.71 Å². The maximum atomic E-state index is 11.1. The van der Waals surface area contributed by atoms with Gasteiger partial charge < -0.3 is 20.2 Å². The van der Waals surface area contributed by atoms with Gasteiger partial charge in [-0.05, 0) is 0 Å². The largest absolute Gasteiger partial charge is 0.476 e. The Kier molecular flexibility index (Phi) is 3.48. The number of carbonyl (C=O) groups is 1. The molecule has 2 heterocycles. The smallest absolute Gasteiger partial charge is 0.360 e. The van der Waals surface area contributed by atoms with Crippen LogP contribution in [0.5, 0.6) is 0 Å². The SMILES string of the molecule is CON=C(C(=O)O)C1=CSC(N)N1c1conn1. The monoisotopic (exact) mass is 271 g/mol. The van der Waals surface area contributed by atoms with E-state index in [9.17, 15) is 4.79 Å². The second kappa shape index (κ2) is 5.06. The van der Waals surface area contributed by atoms with Gasteiger partial charge in [0.25, 0.3) is 0 Å². The summed E-state index contributed by atoms with van der Waals surface area (Å²) < 4.78 is 4.61. The van der Waals surface area contributed by atoms with Crippen molar-refractivity contribution in [2.45, 2.75) is 5.50 Å². The summed E-state index contributed by atoms with van der Waals surface area (Å²) in [6.07, 6.45) is 1.26. The lowest BCUT2D eigenvalue weighted by Crippen LogP contribution is -2.39. The highest BCUT2D eigenvalue weighted by Gasteiger charge is 2.33. The van der Waals surface area contributed by atoms with E-state index in [2.05, 4.69) is 24.9 Å². The summed E-state index contributed by atoms with van der Waals surface area (Å²) >= 11 is 1.22. The zero-order valence-corrected chi connectivity index (χ0v) is 9.99. The Morgan fingerprint density at radius 3 is 3.11 bits per heavy atom. The van der Waals surface area contributed by atoms with Crippen LogP contribution < -0.4 is 10.6 Å². The third kappa shape index (κ3) is 2.15. The molecule has 1 aromatic heterocycles. The van der Waals surface area contributed by atoms with Gasteiger partial charge in [-0.25, -0.2) is 4.79 Å². The van der Waals surface area contributed by atoms with Gasteiger partial charge in [0.1, 0.15) is 12.6 Å². The van der Waals surface area contributed by atoms with Crippen LogP contribution in [0.15, 0.2) is 27.0 Å². The molecule has 0 bridgehead atoms. The average molecular weight is 271 g/mol. The Bertz CT molecular complexity index is 500. The lowest BCUT2D eigenvalue weighted by Gasteiger charge is -2.21. The Morgan fingerprint density at radius 2 is 2.56 bits per heavy atom. The first-order chi connectivity index (χ1) is 8.65. The number of carboxylic acid groups (broad SMARTS) is 1. The number of rotatable bonds is 4. The van der Waals surface area contributed by atoms with Crippen LogP contribution in [-0.4, -0.2) is 39.8 Å². The number of nitrogens with zero attached hydrogens (tertiary/aromatic N) is 4. The Labute approximate surface area is 105 Å². The fraction of sp³-hybridized carbons (Fsp3) is 0.250. The summed E-state index contributed by atoms with van der Waals surface area (Å²) in [5.41, 5.74) is 5.28. The van der Waals surface area contributed by atoms with E-state index in [-0.39, 0.29) is 11.4 Å². The lowest BCUT2D eigenvalue weighted by atomic mass is 10.2. The minimum atomic E-state index is -1.24. The summed E-state index contributed by atoms with van der Waals surface area (Å²) in [6, 6.07) is 0. The number of aliphatic carboxylic acids is 1. The molecule has 18 heavy (non-hydrogen) atoms. The Balaban J connectivity index is 2.37. The average Bonchev–Trinajstić information content (AvgIpc) is 2.94. The van der Waals surface area contributed by atoms with Gasteiger partial charge in [0, 0.05) is 10.7 Å². The summed E-state index contributed by atoms with van der Waals surface area (Å²) in [4.78, 5) is 17.1. The first-order valence-corrected chi connectivity index (χ1v) is 5.61. The summed E-state index contributed by atoms with van der Waals surface area (Å²) in [5, 5.41) is 21.1. The summed E-state index contributed by atoms with van der Waals surface area (Å²) in [7, 11) is 1.26. The van der Waals surface area contributed by atoms with Crippen molar-refractivity contribution in [2.24, 2.45) is 10.9 Å². The van der Waals surface area contributed by atoms with Gasteiger partial charge in [-0.3, -0.25) is 4.90 Å². The van der Waals surface area contributed by atoms with Gasteiger partial charge in [-0.15, -0.1) is 0 Å². The highest BCUT2D eigenvalue weighted by molar-refractivity contribution is 8.03. The molecule has 1 aliphatic heterocycles. The van der Waals surface area contributed by atoms with E-state index < -0.39 is 11.5 Å². The van der Waals surface area contributed by atoms with E-state index in [4.69, 9.17) is 10.8 Å². The molecule has 0 saturated carbocycles. The van der Waals surface area contributed by atoms with E-state index in [0.717, 1.165) is 0 Å². The van der Waals surface area contributed by atoms with Crippen LogP contribution in [0.2, 0.25) is 0 Å². The van der Waals surface area contributed by atoms with Crippen molar-refractivity contribution in [3.8, 4) is 0 Å². The molecule has 0 saturated heterocycles. The number of anilines is 1. The number of oxime groups is 1. The molecule has 10 heteroatoms. The maximum Gasteiger partial charge on any atom is 0.360 e. The molecular weight excluding hydrogens is 262 g/mol.